The molecule has 150 valence electrons. The number of rotatable bonds is 3. The molecule has 0 aromatic rings. The topological polar surface area (TPSA) is 99.2 Å². The van der Waals surface area contributed by atoms with Crippen LogP contribution < -0.4 is 0 Å². The van der Waals surface area contributed by atoms with Crippen LogP contribution >= 0.6 is 0 Å². The molecule has 0 fully saturated rings. The number of carbonyl (C=O) groups is 2. The number of methoxy groups -OCH3 is 1. The highest BCUT2D eigenvalue weighted by Gasteiger charge is 2.50. The van der Waals surface area contributed by atoms with Gasteiger partial charge in [0.1, 0.15) is 11.4 Å². The molecule has 1 atom stereocenters. The summed E-state index contributed by atoms with van der Waals surface area (Å²) in [6.45, 7) is 5.76. The lowest BCUT2D eigenvalue weighted by Crippen LogP contribution is -2.47. The Hall–Kier alpha value is -1.98. The van der Waals surface area contributed by atoms with Crippen molar-refractivity contribution in [3.63, 3.8) is 0 Å². The summed E-state index contributed by atoms with van der Waals surface area (Å²) in [5.41, 5.74) is -7.01. The number of ether oxygens (including phenoxy) is 2. The molecule has 1 rings (SSSR count). The molecule has 12 heteroatoms. The van der Waals surface area contributed by atoms with E-state index in [0.717, 1.165) is 12.0 Å². The molecule has 1 heterocycles. The van der Waals surface area contributed by atoms with Crippen molar-refractivity contribution in [1.82, 2.24) is 4.90 Å². The molecule has 1 unspecified atom stereocenters. The van der Waals surface area contributed by atoms with Crippen LogP contribution in [0.3, 0.4) is 0 Å². The first-order valence-corrected chi connectivity index (χ1v) is 8.80. The molecular formula is C14H20F3NO7S. The molecule has 0 spiro atoms. The van der Waals surface area contributed by atoms with Gasteiger partial charge in [-0.25, -0.2) is 9.59 Å². The van der Waals surface area contributed by atoms with Crippen LogP contribution in [0.15, 0.2) is 11.3 Å². The Morgan fingerprint density at radius 3 is 2.15 bits per heavy atom. The Balaban J connectivity index is 3.23. The highest BCUT2D eigenvalue weighted by atomic mass is 32.2. The van der Waals surface area contributed by atoms with Crippen molar-refractivity contribution in [2.75, 3.05) is 13.7 Å². The molecule has 0 aromatic heterocycles. The average Bonchev–Trinajstić information content (AvgIpc) is 2.43. The molecule has 8 nitrogen and oxygen atoms in total. The van der Waals surface area contributed by atoms with Gasteiger partial charge in [-0.05, 0) is 27.7 Å². The van der Waals surface area contributed by atoms with Crippen LogP contribution in [-0.4, -0.2) is 56.2 Å². The van der Waals surface area contributed by atoms with Gasteiger partial charge < -0.3 is 18.6 Å². The van der Waals surface area contributed by atoms with Gasteiger partial charge in [0.25, 0.3) is 0 Å². The van der Waals surface area contributed by atoms with Crippen molar-refractivity contribution in [3.05, 3.63) is 11.3 Å². The summed E-state index contributed by atoms with van der Waals surface area (Å²) < 4.78 is 73.9. The van der Waals surface area contributed by atoms with Gasteiger partial charge in [-0.15, -0.1) is 0 Å². The van der Waals surface area contributed by atoms with Crippen LogP contribution in [-0.2, 0) is 28.6 Å². The Morgan fingerprint density at radius 2 is 1.73 bits per heavy atom. The van der Waals surface area contributed by atoms with E-state index in [-0.39, 0.29) is 0 Å². The van der Waals surface area contributed by atoms with Gasteiger partial charge in [-0.2, -0.15) is 21.6 Å². The maximum absolute atomic E-state index is 12.6. The van der Waals surface area contributed by atoms with Crippen molar-refractivity contribution in [1.29, 1.82) is 0 Å². The number of esters is 1. The lowest BCUT2D eigenvalue weighted by molar-refractivity contribution is -0.136. The van der Waals surface area contributed by atoms with Gasteiger partial charge in [0.15, 0.2) is 0 Å². The summed E-state index contributed by atoms with van der Waals surface area (Å²) in [6, 6.07) is -0.781. The summed E-state index contributed by atoms with van der Waals surface area (Å²) >= 11 is 0. The molecule has 0 aliphatic carbocycles. The SMILES string of the molecule is COC(=O)C1=C(OS(=O)(=O)C(F)(F)F)CC(C)N(C(=O)OC(C)(C)C)C1. The zero-order chi connectivity index (χ0) is 20.5. The second-order valence-electron chi connectivity index (χ2n) is 6.54. The number of nitrogens with zero attached hydrogens (tertiary/aromatic N) is 1. The van der Waals surface area contributed by atoms with Gasteiger partial charge in [-0.3, -0.25) is 0 Å². The smallest absolute Gasteiger partial charge is 0.466 e. The number of hydrogen-bond donors (Lipinski definition) is 0. The minimum atomic E-state index is -5.96. The Bertz CT molecular complexity index is 707. The lowest BCUT2D eigenvalue weighted by Gasteiger charge is -2.35. The molecule has 26 heavy (non-hydrogen) atoms. The van der Waals surface area contributed by atoms with Crippen LogP contribution in [0.1, 0.15) is 34.1 Å². The zero-order valence-electron chi connectivity index (χ0n) is 14.8. The highest BCUT2D eigenvalue weighted by molar-refractivity contribution is 7.87. The van der Waals surface area contributed by atoms with Gasteiger partial charge in [0, 0.05) is 12.5 Å². The minimum Gasteiger partial charge on any atom is -0.466 e. The van der Waals surface area contributed by atoms with Crippen LogP contribution in [0.25, 0.3) is 0 Å². The fraction of sp³-hybridized carbons (Fsp3) is 0.714. The standard InChI is InChI=1S/C14H20F3NO7S/c1-8-6-10(25-26(21,22)14(15,16)17)9(11(19)23-5)7-18(8)12(20)24-13(2,3)4/h8H,6-7H2,1-5H3. The van der Waals surface area contributed by atoms with Crippen molar-refractivity contribution < 1.29 is 44.8 Å². The van der Waals surface area contributed by atoms with Crippen LogP contribution in [0.4, 0.5) is 18.0 Å². The van der Waals surface area contributed by atoms with E-state index in [2.05, 4.69) is 8.92 Å². The van der Waals surface area contributed by atoms with Crippen LogP contribution in [0, 0.1) is 0 Å². The Morgan fingerprint density at radius 1 is 1.19 bits per heavy atom. The quantitative estimate of drug-likeness (QED) is 0.405. The lowest BCUT2D eigenvalue weighted by atomic mass is 10.0. The average molecular weight is 403 g/mol. The third-order valence-corrected chi connectivity index (χ3v) is 4.22. The maximum atomic E-state index is 12.6. The van der Waals surface area contributed by atoms with E-state index in [1.54, 1.807) is 20.8 Å². The maximum Gasteiger partial charge on any atom is 0.534 e. The molecule has 0 saturated heterocycles. The van der Waals surface area contributed by atoms with Gasteiger partial charge in [-0.1, -0.05) is 0 Å². The summed E-state index contributed by atoms with van der Waals surface area (Å²) in [5, 5.41) is 0. The highest BCUT2D eigenvalue weighted by Crippen LogP contribution is 2.32. The van der Waals surface area contributed by atoms with Gasteiger partial charge in [0.05, 0.1) is 19.2 Å². The summed E-state index contributed by atoms with van der Waals surface area (Å²) in [5.74, 6) is -1.83. The number of carbonyl (C=O) groups excluding carboxylic acids is 2. The Labute approximate surface area is 149 Å². The molecule has 0 radical (unpaired) electrons. The van der Waals surface area contributed by atoms with Crippen molar-refractivity contribution in [2.45, 2.75) is 51.3 Å². The normalized spacial score (nSPS) is 19.2. The van der Waals surface area contributed by atoms with E-state index in [4.69, 9.17) is 4.74 Å². The summed E-state index contributed by atoms with van der Waals surface area (Å²) in [7, 11) is -5.00. The van der Waals surface area contributed by atoms with Gasteiger partial charge in [0.2, 0.25) is 0 Å². The second-order valence-corrected chi connectivity index (χ2v) is 8.08. The van der Waals surface area contributed by atoms with E-state index in [9.17, 15) is 31.2 Å². The molecule has 0 aromatic carbocycles. The zero-order valence-corrected chi connectivity index (χ0v) is 15.7. The third-order valence-electron chi connectivity index (χ3n) is 3.23. The van der Waals surface area contributed by atoms with Crippen LogP contribution in [0.2, 0.25) is 0 Å². The second kappa shape index (κ2) is 7.33. The van der Waals surface area contributed by atoms with E-state index < -0.39 is 63.6 Å². The molecule has 0 bridgehead atoms. The number of alkyl halides is 3. The van der Waals surface area contributed by atoms with Crippen LogP contribution in [0.5, 0.6) is 0 Å². The minimum absolute atomic E-state index is 0.445. The van der Waals surface area contributed by atoms with E-state index >= 15 is 0 Å². The van der Waals surface area contributed by atoms with Gasteiger partial charge >= 0.3 is 27.7 Å². The predicted octanol–water partition coefficient (Wildman–Crippen LogP) is 2.31. The summed E-state index contributed by atoms with van der Waals surface area (Å²) in [4.78, 5) is 25.2. The molecule has 1 amide bonds. The molecule has 0 N–H and O–H groups in total. The third kappa shape index (κ3) is 5.26. The first kappa shape index (κ1) is 22.1. The molecule has 0 saturated carbocycles. The predicted molar refractivity (Wildman–Crippen MR) is 82.1 cm³/mol. The Kier molecular flexibility index (Phi) is 6.22. The first-order chi connectivity index (χ1) is 11.6. The monoisotopic (exact) mass is 403 g/mol. The fourth-order valence-corrected chi connectivity index (χ4v) is 2.57. The number of hydrogen-bond acceptors (Lipinski definition) is 7. The fourth-order valence-electron chi connectivity index (χ4n) is 2.05. The van der Waals surface area contributed by atoms with E-state index in [1.165, 1.54) is 6.92 Å². The molecular weight excluding hydrogens is 383 g/mol. The van der Waals surface area contributed by atoms with E-state index in [1.807, 2.05) is 0 Å². The molecule has 1 aliphatic rings. The first-order valence-electron chi connectivity index (χ1n) is 7.39. The number of amides is 1. The van der Waals surface area contributed by atoms with Crippen molar-refractivity contribution in [3.8, 4) is 0 Å². The van der Waals surface area contributed by atoms with Crippen molar-refractivity contribution >= 4 is 22.2 Å². The molecule has 1 aliphatic heterocycles. The largest absolute Gasteiger partial charge is 0.534 e. The van der Waals surface area contributed by atoms with E-state index in [0.29, 0.717) is 0 Å². The summed E-state index contributed by atoms with van der Waals surface area (Å²) in [6.07, 6.45) is -1.26. The number of halogens is 3. The van der Waals surface area contributed by atoms with Crippen molar-refractivity contribution in [2.24, 2.45) is 0 Å².